The molecule has 0 spiro atoms. The van der Waals surface area contributed by atoms with E-state index in [2.05, 4.69) is 46.7 Å². The van der Waals surface area contributed by atoms with Crippen molar-refractivity contribution in [3.05, 3.63) is 87.6 Å². The second-order valence-corrected chi connectivity index (χ2v) is 8.94. The van der Waals surface area contributed by atoms with Crippen LogP contribution in [0.3, 0.4) is 0 Å². The summed E-state index contributed by atoms with van der Waals surface area (Å²) >= 11 is 1.38. The van der Waals surface area contributed by atoms with E-state index in [4.69, 9.17) is 0 Å². The van der Waals surface area contributed by atoms with Crippen LogP contribution in [0.5, 0.6) is 0 Å². The number of nitrogens with zero attached hydrogens (tertiary/aromatic N) is 1. The van der Waals surface area contributed by atoms with Crippen molar-refractivity contribution in [1.82, 2.24) is 10.2 Å². The van der Waals surface area contributed by atoms with Gasteiger partial charge in [-0.05, 0) is 48.9 Å². The quantitative estimate of drug-likeness (QED) is 0.592. The Morgan fingerprint density at radius 2 is 1.81 bits per heavy atom. The summed E-state index contributed by atoms with van der Waals surface area (Å²) < 4.78 is 0. The standard InChI is InChI=1S/C25H27N3O2S/c1-18-6-4-7-19(16-18)17-28-13-11-20(12-14-28)26-24(29)21-8-2-3-9-22(21)27-25(30)23-10-5-15-31-23/h2-10,15-16,20H,11-14,17H2,1H3,(H,26,29)(H,27,30). The van der Waals surface area contributed by atoms with Crippen molar-refractivity contribution >= 4 is 28.8 Å². The summed E-state index contributed by atoms with van der Waals surface area (Å²) in [6.07, 6.45) is 1.84. The van der Waals surface area contributed by atoms with Gasteiger partial charge in [0.1, 0.15) is 0 Å². The van der Waals surface area contributed by atoms with Gasteiger partial charge in [0, 0.05) is 25.7 Å². The zero-order chi connectivity index (χ0) is 21.6. The number of nitrogens with one attached hydrogen (secondary N) is 2. The first-order valence-electron chi connectivity index (χ1n) is 10.6. The molecule has 2 heterocycles. The molecule has 2 aromatic carbocycles. The predicted octanol–water partition coefficient (Wildman–Crippen LogP) is 4.70. The van der Waals surface area contributed by atoms with Gasteiger partial charge in [-0.1, -0.05) is 48.0 Å². The molecule has 1 aromatic heterocycles. The molecule has 1 aliphatic heterocycles. The molecular formula is C25H27N3O2S. The van der Waals surface area contributed by atoms with Crippen molar-refractivity contribution < 1.29 is 9.59 Å². The Balaban J connectivity index is 1.32. The first-order valence-corrected chi connectivity index (χ1v) is 11.5. The summed E-state index contributed by atoms with van der Waals surface area (Å²) in [4.78, 5) is 28.4. The highest BCUT2D eigenvalue weighted by atomic mass is 32.1. The van der Waals surface area contributed by atoms with E-state index >= 15 is 0 Å². The average Bonchev–Trinajstić information content (AvgIpc) is 3.31. The third-order valence-corrected chi connectivity index (χ3v) is 6.44. The van der Waals surface area contributed by atoms with E-state index in [0.717, 1.165) is 32.5 Å². The molecule has 4 rings (SSSR count). The van der Waals surface area contributed by atoms with Crippen LogP contribution in [0.25, 0.3) is 0 Å². The zero-order valence-corrected chi connectivity index (χ0v) is 18.5. The van der Waals surface area contributed by atoms with E-state index in [1.807, 2.05) is 23.6 Å². The van der Waals surface area contributed by atoms with Gasteiger partial charge in [0.25, 0.3) is 11.8 Å². The number of thiophene rings is 1. The minimum absolute atomic E-state index is 0.140. The van der Waals surface area contributed by atoms with Crippen LogP contribution in [0, 0.1) is 6.92 Å². The third kappa shape index (κ3) is 5.60. The molecule has 0 atom stereocenters. The molecule has 0 unspecified atom stereocenters. The van der Waals surface area contributed by atoms with Crippen molar-refractivity contribution in [2.24, 2.45) is 0 Å². The Hall–Kier alpha value is -2.96. The Kier molecular flexibility index (Phi) is 6.79. The molecule has 1 saturated heterocycles. The Morgan fingerprint density at radius 3 is 2.55 bits per heavy atom. The maximum atomic E-state index is 12.9. The lowest BCUT2D eigenvalue weighted by Crippen LogP contribution is -2.44. The minimum atomic E-state index is -0.195. The van der Waals surface area contributed by atoms with Gasteiger partial charge in [-0.25, -0.2) is 0 Å². The van der Waals surface area contributed by atoms with Crippen LogP contribution in [0.15, 0.2) is 66.0 Å². The summed E-state index contributed by atoms with van der Waals surface area (Å²) in [5, 5.41) is 7.90. The number of benzene rings is 2. The molecule has 5 nitrogen and oxygen atoms in total. The van der Waals surface area contributed by atoms with Gasteiger partial charge < -0.3 is 10.6 Å². The van der Waals surface area contributed by atoms with Crippen LogP contribution in [0.4, 0.5) is 5.69 Å². The predicted molar refractivity (Wildman–Crippen MR) is 126 cm³/mol. The SMILES string of the molecule is Cc1cccc(CN2CCC(NC(=O)c3ccccc3NC(=O)c3cccs3)CC2)c1. The zero-order valence-electron chi connectivity index (χ0n) is 17.6. The van der Waals surface area contributed by atoms with E-state index in [0.29, 0.717) is 16.1 Å². The summed E-state index contributed by atoms with van der Waals surface area (Å²) in [5.41, 5.74) is 3.65. The number of piperidine rings is 1. The largest absolute Gasteiger partial charge is 0.349 e. The van der Waals surface area contributed by atoms with Crippen LogP contribution < -0.4 is 10.6 Å². The van der Waals surface area contributed by atoms with E-state index < -0.39 is 0 Å². The fourth-order valence-electron chi connectivity index (χ4n) is 3.95. The average molecular weight is 434 g/mol. The monoisotopic (exact) mass is 433 g/mol. The van der Waals surface area contributed by atoms with Crippen molar-refractivity contribution in [2.75, 3.05) is 18.4 Å². The summed E-state index contributed by atoms with van der Waals surface area (Å²) in [5.74, 6) is -0.334. The molecule has 0 saturated carbocycles. The van der Waals surface area contributed by atoms with Gasteiger partial charge in [0.05, 0.1) is 16.1 Å². The van der Waals surface area contributed by atoms with Crippen molar-refractivity contribution in [3.63, 3.8) is 0 Å². The van der Waals surface area contributed by atoms with E-state index in [1.165, 1.54) is 22.5 Å². The smallest absolute Gasteiger partial charge is 0.265 e. The summed E-state index contributed by atoms with van der Waals surface area (Å²) in [6, 6.07) is 19.5. The number of anilines is 1. The maximum Gasteiger partial charge on any atom is 0.265 e. The fraction of sp³-hybridized carbons (Fsp3) is 0.280. The maximum absolute atomic E-state index is 12.9. The van der Waals surface area contributed by atoms with Crippen LogP contribution in [-0.2, 0) is 6.54 Å². The minimum Gasteiger partial charge on any atom is -0.349 e. The number of carbonyl (C=O) groups is 2. The van der Waals surface area contributed by atoms with E-state index in [1.54, 1.807) is 18.2 Å². The molecule has 0 bridgehead atoms. The molecule has 1 aliphatic rings. The lowest BCUT2D eigenvalue weighted by Gasteiger charge is -2.32. The fourth-order valence-corrected chi connectivity index (χ4v) is 4.57. The van der Waals surface area contributed by atoms with Crippen LogP contribution in [-0.4, -0.2) is 35.8 Å². The number of hydrogen-bond acceptors (Lipinski definition) is 4. The molecule has 2 amide bonds. The van der Waals surface area contributed by atoms with Gasteiger partial charge >= 0.3 is 0 Å². The summed E-state index contributed by atoms with van der Waals surface area (Å²) in [6.45, 7) is 4.97. The van der Waals surface area contributed by atoms with Gasteiger partial charge in [-0.2, -0.15) is 0 Å². The second kappa shape index (κ2) is 9.90. The highest BCUT2D eigenvalue weighted by molar-refractivity contribution is 7.12. The van der Waals surface area contributed by atoms with Crippen molar-refractivity contribution in [3.8, 4) is 0 Å². The van der Waals surface area contributed by atoms with E-state index in [-0.39, 0.29) is 17.9 Å². The lowest BCUT2D eigenvalue weighted by atomic mass is 10.0. The van der Waals surface area contributed by atoms with Gasteiger partial charge in [-0.3, -0.25) is 14.5 Å². The Labute approximate surface area is 187 Å². The van der Waals surface area contributed by atoms with Crippen LogP contribution >= 0.6 is 11.3 Å². The molecule has 6 heteroatoms. The molecule has 2 N–H and O–H groups in total. The number of aryl methyl sites for hydroxylation is 1. The molecule has 0 radical (unpaired) electrons. The van der Waals surface area contributed by atoms with Crippen molar-refractivity contribution in [1.29, 1.82) is 0 Å². The first kappa shape index (κ1) is 21.3. The number of carbonyl (C=O) groups excluding carboxylic acids is 2. The molecule has 0 aliphatic carbocycles. The Bertz CT molecular complexity index is 1040. The van der Waals surface area contributed by atoms with Gasteiger partial charge in [0.15, 0.2) is 0 Å². The van der Waals surface area contributed by atoms with E-state index in [9.17, 15) is 9.59 Å². The number of amides is 2. The number of para-hydroxylation sites is 1. The topological polar surface area (TPSA) is 61.4 Å². The van der Waals surface area contributed by atoms with Gasteiger partial charge in [0.2, 0.25) is 0 Å². The van der Waals surface area contributed by atoms with Crippen LogP contribution in [0.2, 0.25) is 0 Å². The van der Waals surface area contributed by atoms with Gasteiger partial charge in [-0.15, -0.1) is 11.3 Å². The number of rotatable bonds is 6. The molecular weight excluding hydrogens is 406 g/mol. The number of hydrogen-bond donors (Lipinski definition) is 2. The highest BCUT2D eigenvalue weighted by Gasteiger charge is 2.22. The second-order valence-electron chi connectivity index (χ2n) is 7.99. The molecule has 160 valence electrons. The van der Waals surface area contributed by atoms with Crippen molar-refractivity contribution in [2.45, 2.75) is 32.4 Å². The number of likely N-dealkylation sites (tertiary alicyclic amines) is 1. The molecule has 31 heavy (non-hydrogen) atoms. The summed E-state index contributed by atoms with van der Waals surface area (Å²) in [7, 11) is 0. The Morgan fingerprint density at radius 1 is 1.00 bits per heavy atom. The molecule has 1 fully saturated rings. The normalized spacial score (nSPS) is 14.9. The lowest BCUT2D eigenvalue weighted by molar-refractivity contribution is 0.0910. The first-order chi connectivity index (χ1) is 15.1. The van der Waals surface area contributed by atoms with Crippen LogP contribution in [0.1, 0.15) is 44.0 Å². The third-order valence-electron chi connectivity index (χ3n) is 5.58. The highest BCUT2D eigenvalue weighted by Crippen LogP contribution is 2.20. The molecule has 3 aromatic rings.